The zero-order chi connectivity index (χ0) is 24.6. The first-order valence-electron chi connectivity index (χ1n) is 10.8. The van der Waals surface area contributed by atoms with E-state index in [-0.39, 0.29) is 29.7 Å². The summed E-state index contributed by atoms with van der Waals surface area (Å²) in [5.41, 5.74) is 1.02. The van der Waals surface area contributed by atoms with Crippen LogP contribution in [0.4, 0.5) is 5.69 Å². The first-order valence-corrected chi connectivity index (χ1v) is 12.3. The van der Waals surface area contributed by atoms with Gasteiger partial charge in [0, 0.05) is 25.8 Å². The predicted octanol–water partition coefficient (Wildman–Crippen LogP) is 1.09. The lowest BCUT2D eigenvalue weighted by Gasteiger charge is -2.18. The van der Waals surface area contributed by atoms with Crippen molar-refractivity contribution in [3.05, 3.63) is 54.1 Å². The average Bonchev–Trinajstić information content (AvgIpc) is 3.57. The van der Waals surface area contributed by atoms with Gasteiger partial charge in [-0.15, -0.1) is 0 Å². The van der Waals surface area contributed by atoms with Gasteiger partial charge in [-0.3, -0.25) is 0 Å². The number of nitrogens with zero attached hydrogens (tertiary/aromatic N) is 6. The van der Waals surface area contributed by atoms with Gasteiger partial charge in [0.2, 0.25) is 10.0 Å². The lowest BCUT2D eigenvalue weighted by Crippen LogP contribution is -2.44. The van der Waals surface area contributed by atoms with Crippen molar-refractivity contribution in [3.8, 4) is 17.8 Å². The summed E-state index contributed by atoms with van der Waals surface area (Å²) >= 11 is 0. The molecule has 5 rings (SSSR count). The Morgan fingerprint density at radius 2 is 1.94 bits per heavy atom. The summed E-state index contributed by atoms with van der Waals surface area (Å²) in [4.78, 5) is 1.87. The number of ether oxygens (including phenoxy) is 3. The smallest absolute Gasteiger partial charge is 0.341 e. The quantitative estimate of drug-likeness (QED) is 0.503. The van der Waals surface area contributed by atoms with Gasteiger partial charge in [-0.25, -0.2) is 13.1 Å². The number of benzene rings is 2. The summed E-state index contributed by atoms with van der Waals surface area (Å²) < 4.78 is 47.8. The summed E-state index contributed by atoms with van der Waals surface area (Å²) in [6.45, 7) is 0.310. The third-order valence-corrected chi connectivity index (χ3v) is 7.50. The summed E-state index contributed by atoms with van der Waals surface area (Å²) in [5, 5.41) is 21.1. The van der Waals surface area contributed by atoms with Crippen LogP contribution < -0.4 is 14.4 Å². The maximum atomic E-state index is 13.0. The van der Waals surface area contributed by atoms with E-state index in [1.165, 1.54) is 16.8 Å². The minimum absolute atomic E-state index is 0.0644. The van der Waals surface area contributed by atoms with Crippen LogP contribution in [-0.2, 0) is 19.5 Å². The summed E-state index contributed by atoms with van der Waals surface area (Å²) in [5.74, 6) is 0.567. The number of aromatic nitrogens is 4. The second kappa shape index (κ2) is 9.23. The zero-order valence-corrected chi connectivity index (χ0v) is 19.8. The van der Waals surface area contributed by atoms with Gasteiger partial charge < -0.3 is 19.1 Å². The molecular weight excluding hydrogens is 474 g/mol. The number of fused-ring (bicyclic) bond motifs is 1. The largest absolute Gasteiger partial charge is 0.423 e. The first kappa shape index (κ1) is 23.2. The van der Waals surface area contributed by atoms with Crippen molar-refractivity contribution in [2.45, 2.75) is 29.2 Å². The monoisotopic (exact) mass is 497 g/mol. The topological polar surface area (TPSA) is 144 Å². The van der Waals surface area contributed by atoms with Crippen LogP contribution in [0, 0.1) is 11.3 Å². The molecule has 12 nitrogen and oxygen atoms in total. The van der Waals surface area contributed by atoms with Gasteiger partial charge in [0.05, 0.1) is 29.7 Å². The van der Waals surface area contributed by atoms with E-state index in [2.05, 4.69) is 20.2 Å². The molecule has 2 aliphatic rings. The molecule has 35 heavy (non-hydrogen) atoms. The Labute approximate surface area is 202 Å². The molecule has 0 unspecified atom stereocenters. The first-order chi connectivity index (χ1) is 16.9. The van der Waals surface area contributed by atoms with E-state index in [0.717, 1.165) is 5.69 Å². The highest BCUT2D eigenvalue weighted by molar-refractivity contribution is 7.89. The second-order valence-electron chi connectivity index (χ2n) is 8.40. The van der Waals surface area contributed by atoms with Crippen LogP contribution in [-0.4, -0.2) is 74.2 Å². The van der Waals surface area contributed by atoms with Crippen LogP contribution in [0.2, 0.25) is 0 Å². The van der Waals surface area contributed by atoms with Gasteiger partial charge in [-0.05, 0) is 34.7 Å². The summed E-state index contributed by atoms with van der Waals surface area (Å²) in [7, 11) is -0.103. The van der Waals surface area contributed by atoms with E-state index >= 15 is 0 Å². The Hall–Kier alpha value is -3.57. The van der Waals surface area contributed by atoms with Crippen molar-refractivity contribution < 1.29 is 22.6 Å². The number of anilines is 1. The molecular formula is C22H23N7O5S. The highest BCUT2D eigenvalue weighted by atomic mass is 32.2. The van der Waals surface area contributed by atoms with Crippen molar-refractivity contribution in [2.75, 3.05) is 32.2 Å². The van der Waals surface area contributed by atoms with Crippen molar-refractivity contribution in [1.29, 1.82) is 5.26 Å². The van der Waals surface area contributed by atoms with Crippen LogP contribution in [0.3, 0.4) is 0 Å². The molecule has 3 aromatic rings. The van der Waals surface area contributed by atoms with E-state index in [4.69, 9.17) is 14.2 Å². The van der Waals surface area contributed by atoms with Crippen LogP contribution in [0.15, 0.2) is 53.4 Å². The van der Waals surface area contributed by atoms with E-state index in [1.54, 1.807) is 18.2 Å². The van der Waals surface area contributed by atoms with Crippen LogP contribution in [0.5, 0.6) is 11.8 Å². The number of rotatable bonds is 7. The number of nitriles is 1. The maximum absolute atomic E-state index is 13.0. The molecule has 1 aromatic heterocycles. The Bertz CT molecular complexity index is 1370. The minimum atomic E-state index is -3.96. The molecule has 4 atom stereocenters. The highest BCUT2D eigenvalue weighted by Crippen LogP contribution is 2.36. The molecule has 0 bridgehead atoms. The van der Waals surface area contributed by atoms with E-state index in [1.807, 2.05) is 43.3 Å². The van der Waals surface area contributed by atoms with Crippen molar-refractivity contribution in [1.82, 2.24) is 24.9 Å². The van der Waals surface area contributed by atoms with Gasteiger partial charge in [0.15, 0.2) is 0 Å². The van der Waals surface area contributed by atoms with E-state index < -0.39 is 34.3 Å². The lowest BCUT2D eigenvalue weighted by molar-refractivity contribution is 0.0615. The molecule has 2 fully saturated rings. The fraction of sp³-hybridized carbons (Fsp3) is 0.364. The van der Waals surface area contributed by atoms with Crippen molar-refractivity contribution >= 4 is 15.7 Å². The van der Waals surface area contributed by atoms with Crippen LogP contribution in [0.1, 0.15) is 11.6 Å². The third kappa shape index (κ3) is 4.44. The molecule has 0 radical (unpaired) electrons. The van der Waals surface area contributed by atoms with Gasteiger partial charge in [0.25, 0.3) is 0 Å². The summed E-state index contributed by atoms with van der Waals surface area (Å²) in [6.07, 6.45) is -1.05. The number of hydrogen-bond donors (Lipinski definition) is 1. The molecule has 2 aliphatic heterocycles. The van der Waals surface area contributed by atoms with E-state index in [0.29, 0.717) is 5.75 Å². The Morgan fingerprint density at radius 1 is 1.14 bits per heavy atom. The molecule has 182 valence electrons. The maximum Gasteiger partial charge on any atom is 0.341 e. The molecule has 13 heteroatoms. The molecule has 3 heterocycles. The van der Waals surface area contributed by atoms with Crippen molar-refractivity contribution in [3.63, 3.8) is 0 Å². The minimum Gasteiger partial charge on any atom is -0.423 e. The molecule has 1 N–H and O–H groups in total. The number of nitrogens with one attached hydrogen (secondary N) is 1. The predicted molar refractivity (Wildman–Crippen MR) is 122 cm³/mol. The fourth-order valence-corrected chi connectivity index (χ4v) is 5.63. The Balaban J connectivity index is 1.32. The molecule has 0 aliphatic carbocycles. The van der Waals surface area contributed by atoms with Crippen LogP contribution in [0.25, 0.3) is 0 Å². The molecule has 0 amide bonds. The molecule has 0 saturated carbocycles. The SMILES string of the molecule is CN(C)c1cccc(Oc2nnnn2[C@@H]2CO[C@@H]3[C@@H]2OC[C@@H]3NS(=O)(=O)c2ccccc2C#N)c1. The lowest BCUT2D eigenvalue weighted by atomic mass is 10.1. The number of hydrogen-bond acceptors (Lipinski definition) is 10. The highest BCUT2D eigenvalue weighted by Gasteiger charge is 2.51. The standard InChI is InChI=1S/C22H23N7O5S/c1-28(2)15-7-5-8-16(10-15)34-22-24-26-27-29(22)18-13-33-20-17(12-32-21(18)20)25-35(30,31)19-9-4-3-6-14(19)11-23/h3-10,17-18,20-21,25H,12-13H2,1-2H3/t17-,18+,20-,21+/m0/s1. The number of tetrazole rings is 1. The Kier molecular flexibility index (Phi) is 6.12. The van der Waals surface area contributed by atoms with Crippen LogP contribution >= 0.6 is 0 Å². The summed E-state index contributed by atoms with van der Waals surface area (Å²) in [6, 6.07) is 14.5. The van der Waals surface area contributed by atoms with Gasteiger partial charge in [0.1, 0.15) is 30.1 Å². The zero-order valence-electron chi connectivity index (χ0n) is 19.0. The number of sulfonamides is 1. The Morgan fingerprint density at radius 3 is 2.74 bits per heavy atom. The van der Waals surface area contributed by atoms with E-state index in [9.17, 15) is 13.7 Å². The molecule has 0 spiro atoms. The fourth-order valence-electron chi connectivity index (χ4n) is 4.24. The normalized spacial score (nSPS) is 23.6. The van der Waals surface area contributed by atoms with Gasteiger partial charge >= 0.3 is 6.01 Å². The third-order valence-electron chi connectivity index (χ3n) is 5.95. The molecule has 2 saturated heterocycles. The van der Waals surface area contributed by atoms with Gasteiger partial charge in [-0.2, -0.15) is 9.94 Å². The average molecular weight is 498 g/mol. The van der Waals surface area contributed by atoms with Crippen molar-refractivity contribution in [2.24, 2.45) is 0 Å². The molecule has 2 aromatic carbocycles. The van der Waals surface area contributed by atoms with Gasteiger partial charge in [-0.1, -0.05) is 23.3 Å². The second-order valence-corrected chi connectivity index (χ2v) is 10.1.